The SMILES string of the molecule is Cc1ccc2nc(COC(=O)C3CCN(S(=O)(=O)c4cccnc4)CC3)cc(=O)n2c1. The van der Waals surface area contributed by atoms with Gasteiger partial charge < -0.3 is 4.74 Å². The van der Waals surface area contributed by atoms with Gasteiger partial charge in [-0.2, -0.15) is 4.31 Å². The molecule has 4 rings (SSSR count). The molecule has 0 atom stereocenters. The van der Waals surface area contributed by atoms with Gasteiger partial charge in [0.2, 0.25) is 10.0 Å². The fourth-order valence-corrected chi connectivity index (χ4v) is 5.01. The van der Waals surface area contributed by atoms with Crippen LogP contribution in [0.1, 0.15) is 24.1 Å². The largest absolute Gasteiger partial charge is 0.459 e. The first-order valence-corrected chi connectivity index (χ1v) is 11.3. The molecule has 1 saturated heterocycles. The Hall–Kier alpha value is -3.11. The molecule has 0 N–H and O–H groups in total. The van der Waals surface area contributed by atoms with E-state index in [-0.39, 0.29) is 30.2 Å². The van der Waals surface area contributed by atoms with Crippen molar-refractivity contribution in [1.82, 2.24) is 18.7 Å². The lowest BCUT2D eigenvalue weighted by molar-refractivity contribution is -0.151. The monoisotopic (exact) mass is 442 g/mol. The molecular formula is C21H22N4O5S. The first-order chi connectivity index (χ1) is 14.8. The van der Waals surface area contributed by atoms with Crippen molar-refractivity contribution in [2.75, 3.05) is 13.1 Å². The zero-order valence-electron chi connectivity index (χ0n) is 17.0. The topological polar surface area (TPSA) is 111 Å². The minimum absolute atomic E-state index is 0.105. The lowest BCUT2D eigenvalue weighted by atomic mass is 9.98. The molecule has 162 valence electrons. The van der Waals surface area contributed by atoms with E-state index in [1.54, 1.807) is 18.3 Å². The third kappa shape index (κ3) is 4.49. The highest BCUT2D eigenvalue weighted by molar-refractivity contribution is 7.89. The number of hydrogen-bond acceptors (Lipinski definition) is 7. The Balaban J connectivity index is 1.36. The molecule has 1 aliphatic rings. The second-order valence-electron chi connectivity index (χ2n) is 7.50. The van der Waals surface area contributed by atoms with Crippen molar-refractivity contribution in [3.05, 3.63) is 70.5 Å². The number of aromatic nitrogens is 3. The summed E-state index contributed by atoms with van der Waals surface area (Å²) in [5.74, 6) is -0.811. The molecule has 0 spiro atoms. The third-order valence-corrected chi connectivity index (χ3v) is 7.16. The summed E-state index contributed by atoms with van der Waals surface area (Å²) in [5.41, 5.74) is 1.55. The summed E-state index contributed by atoms with van der Waals surface area (Å²) >= 11 is 0. The molecule has 1 fully saturated rings. The molecule has 1 aliphatic heterocycles. The average molecular weight is 442 g/mol. The van der Waals surface area contributed by atoms with Crippen LogP contribution < -0.4 is 5.56 Å². The highest BCUT2D eigenvalue weighted by Crippen LogP contribution is 2.24. The van der Waals surface area contributed by atoms with E-state index in [1.807, 2.05) is 13.0 Å². The fourth-order valence-electron chi connectivity index (χ4n) is 3.58. The maximum Gasteiger partial charge on any atom is 0.309 e. The van der Waals surface area contributed by atoms with Gasteiger partial charge in [-0.15, -0.1) is 0 Å². The van der Waals surface area contributed by atoms with E-state index >= 15 is 0 Å². The molecule has 0 aliphatic carbocycles. The molecular weight excluding hydrogens is 420 g/mol. The molecule has 0 radical (unpaired) electrons. The van der Waals surface area contributed by atoms with Crippen molar-refractivity contribution in [2.24, 2.45) is 5.92 Å². The van der Waals surface area contributed by atoms with Crippen LogP contribution in [-0.2, 0) is 26.2 Å². The summed E-state index contributed by atoms with van der Waals surface area (Å²) in [6.45, 7) is 2.24. The molecule has 9 nitrogen and oxygen atoms in total. The second kappa shape index (κ2) is 8.56. The number of pyridine rings is 2. The number of esters is 1. The highest BCUT2D eigenvalue weighted by atomic mass is 32.2. The van der Waals surface area contributed by atoms with Crippen LogP contribution in [0.3, 0.4) is 0 Å². The first kappa shape index (κ1) is 21.1. The summed E-state index contributed by atoms with van der Waals surface area (Å²) in [7, 11) is -3.62. The molecule has 0 amide bonds. The van der Waals surface area contributed by atoms with Gasteiger partial charge in [0.15, 0.2) is 0 Å². The number of piperidine rings is 1. The number of hydrogen-bond donors (Lipinski definition) is 0. The van der Waals surface area contributed by atoms with Gasteiger partial charge in [-0.05, 0) is 43.5 Å². The van der Waals surface area contributed by atoms with Crippen LogP contribution in [0.4, 0.5) is 0 Å². The number of ether oxygens (including phenoxy) is 1. The Kier molecular flexibility index (Phi) is 5.84. The van der Waals surface area contributed by atoms with Crippen molar-refractivity contribution in [3.63, 3.8) is 0 Å². The van der Waals surface area contributed by atoms with Crippen molar-refractivity contribution >= 4 is 21.6 Å². The van der Waals surface area contributed by atoms with Crippen molar-refractivity contribution in [1.29, 1.82) is 0 Å². The smallest absolute Gasteiger partial charge is 0.309 e. The number of aryl methyl sites for hydroxylation is 1. The second-order valence-corrected chi connectivity index (χ2v) is 9.43. The maximum atomic E-state index is 12.7. The van der Waals surface area contributed by atoms with E-state index in [0.717, 1.165) is 5.56 Å². The number of carbonyl (C=O) groups is 1. The van der Waals surface area contributed by atoms with Crippen molar-refractivity contribution < 1.29 is 17.9 Å². The Morgan fingerprint density at radius 3 is 2.71 bits per heavy atom. The van der Waals surface area contributed by atoms with E-state index in [4.69, 9.17) is 4.74 Å². The van der Waals surface area contributed by atoms with Gasteiger partial charge in [0.05, 0.1) is 11.6 Å². The zero-order chi connectivity index (χ0) is 22.0. The normalized spacial score (nSPS) is 15.8. The summed E-state index contributed by atoms with van der Waals surface area (Å²) < 4.78 is 33.5. The Morgan fingerprint density at radius 2 is 2.00 bits per heavy atom. The predicted octanol–water partition coefficient (Wildman–Crippen LogP) is 1.54. The Morgan fingerprint density at radius 1 is 1.23 bits per heavy atom. The third-order valence-electron chi connectivity index (χ3n) is 5.28. The molecule has 3 aromatic rings. The van der Waals surface area contributed by atoms with E-state index in [9.17, 15) is 18.0 Å². The Bertz CT molecular complexity index is 1270. The number of sulfonamides is 1. The van der Waals surface area contributed by atoms with Gasteiger partial charge in [0.25, 0.3) is 5.56 Å². The van der Waals surface area contributed by atoms with Crippen LogP contribution in [-0.4, -0.2) is 46.2 Å². The number of nitrogens with zero attached hydrogens (tertiary/aromatic N) is 4. The predicted molar refractivity (Wildman–Crippen MR) is 112 cm³/mol. The zero-order valence-corrected chi connectivity index (χ0v) is 17.8. The summed E-state index contributed by atoms with van der Waals surface area (Å²) in [4.78, 5) is 33.1. The average Bonchev–Trinajstić information content (AvgIpc) is 2.78. The van der Waals surface area contributed by atoms with Gasteiger partial charge in [0, 0.05) is 37.7 Å². The van der Waals surface area contributed by atoms with Crippen LogP contribution in [0.5, 0.6) is 0 Å². The minimum Gasteiger partial charge on any atom is -0.459 e. The molecule has 31 heavy (non-hydrogen) atoms. The summed E-state index contributed by atoms with van der Waals surface area (Å²) in [6, 6.07) is 8.02. The molecule has 10 heteroatoms. The lowest BCUT2D eigenvalue weighted by Gasteiger charge is -2.30. The van der Waals surface area contributed by atoms with Crippen LogP contribution in [0.25, 0.3) is 5.65 Å². The number of rotatable bonds is 5. The molecule has 0 saturated carbocycles. The van der Waals surface area contributed by atoms with E-state index in [1.165, 1.54) is 33.2 Å². The molecule has 4 heterocycles. The van der Waals surface area contributed by atoms with Crippen molar-refractivity contribution in [2.45, 2.75) is 31.3 Å². The molecule has 3 aromatic heterocycles. The quantitative estimate of drug-likeness (QED) is 0.551. The summed E-state index contributed by atoms with van der Waals surface area (Å²) in [5, 5.41) is 0. The van der Waals surface area contributed by atoms with Gasteiger partial charge in [0.1, 0.15) is 17.1 Å². The molecule has 0 aromatic carbocycles. The molecule has 0 bridgehead atoms. The number of fused-ring (bicyclic) bond motifs is 1. The van der Waals surface area contributed by atoms with Gasteiger partial charge >= 0.3 is 5.97 Å². The molecule has 0 unspecified atom stereocenters. The van der Waals surface area contributed by atoms with Gasteiger partial charge in [-0.3, -0.25) is 19.0 Å². The van der Waals surface area contributed by atoms with Gasteiger partial charge in [-0.1, -0.05) is 6.07 Å². The Labute approximate surface area is 179 Å². The fraction of sp³-hybridized carbons (Fsp3) is 0.333. The van der Waals surface area contributed by atoms with E-state index in [2.05, 4.69) is 9.97 Å². The lowest BCUT2D eigenvalue weighted by Crippen LogP contribution is -2.40. The van der Waals surface area contributed by atoms with Gasteiger partial charge in [-0.25, -0.2) is 13.4 Å². The van der Waals surface area contributed by atoms with E-state index < -0.39 is 21.9 Å². The minimum atomic E-state index is -3.62. The maximum absolute atomic E-state index is 12.7. The van der Waals surface area contributed by atoms with Crippen molar-refractivity contribution in [3.8, 4) is 0 Å². The van der Waals surface area contributed by atoms with Crippen LogP contribution in [0, 0.1) is 12.8 Å². The van der Waals surface area contributed by atoms with E-state index in [0.29, 0.717) is 24.2 Å². The highest BCUT2D eigenvalue weighted by Gasteiger charge is 2.33. The standard InChI is InChI=1S/C21H22N4O5S/c1-15-4-5-19-23-17(11-20(26)25(19)13-15)14-30-21(27)16-6-9-24(10-7-16)31(28,29)18-3-2-8-22-12-18/h2-5,8,11-13,16H,6-7,9-10,14H2,1H3. The summed E-state index contributed by atoms with van der Waals surface area (Å²) in [6.07, 6.45) is 5.27. The first-order valence-electron chi connectivity index (χ1n) is 9.90. The van der Waals surface area contributed by atoms with Crippen LogP contribution in [0.2, 0.25) is 0 Å². The number of carbonyl (C=O) groups excluding carboxylic acids is 1. The van der Waals surface area contributed by atoms with Crippen LogP contribution in [0.15, 0.2) is 58.6 Å². The van der Waals surface area contributed by atoms with Crippen LogP contribution >= 0.6 is 0 Å².